The first-order valence-electron chi connectivity index (χ1n) is 5.76. The molecular weight excluding hydrogens is 240 g/mol. The van der Waals surface area contributed by atoms with Gasteiger partial charge in [-0.1, -0.05) is 24.9 Å². The minimum atomic E-state index is -0.932. The Morgan fingerprint density at radius 3 is 2.53 bits per heavy atom. The summed E-state index contributed by atoms with van der Waals surface area (Å²) in [5, 5.41) is 20.0. The molecule has 0 radical (unpaired) electrons. The molecule has 0 saturated heterocycles. The van der Waals surface area contributed by atoms with Crippen LogP contribution in [0.25, 0.3) is 0 Å². The highest BCUT2D eigenvalue weighted by molar-refractivity contribution is 6.30. The number of carboxylic acids is 1. The molecule has 1 aromatic carbocycles. The fourth-order valence-electron chi connectivity index (χ4n) is 2.42. The number of carboxylic acid groups (broad SMARTS) is 1. The van der Waals surface area contributed by atoms with E-state index in [-0.39, 0.29) is 5.75 Å². The summed E-state index contributed by atoms with van der Waals surface area (Å²) in [5.41, 5.74) is 0.249. The minimum Gasteiger partial charge on any atom is -0.507 e. The summed E-state index contributed by atoms with van der Waals surface area (Å²) in [6.45, 7) is 1.91. The van der Waals surface area contributed by atoms with Crippen molar-refractivity contribution in [3.63, 3.8) is 0 Å². The zero-order valence-electron chi connectivity index (χ0n) is 9.66. The van der Waals surface area contributed by atoms with Crippen molar-refractivity contribution in [1.29, 1.82) is 0 Å². The topological polar surface area (TPSA) is 57.5 Å². The highest BCUT2D eigenvalue weighted by Gasteiger charge is 2.47. The van der Waals surface area contributed by atoms with E-state index < -0.39 is 11.4 Å². The van der Waals surface area contributed by atoms with Gasteiger partial charge in [-0.25, -0.2) is 0 Å². The van der Waals surface area contributed by atoms with Gasteiger partial charge in [0.05, 0.1) is 5.41 Å². The number of rotatable bonds is 3. The summed E-state index contributed by atoms with van der Waals surface area (Å²) in [7, 11) is 0. The SMILES string of the molecule is CCc1cc(Cl)cc(C2(C(=O)O)CCC2)c1O. The van der Waals surface area contributed by atoms with Crippen molar-refractivity contribution in [3.8, 4) is 5.75 Å². The smallest absolute Gasteiger partial charge is 0.314 e. The van der Waals surface area contributed by atoms with Gasteiger partial charge in [0.2, 0.25) is 0 Å². The number of carbonyl (C=O) groups is 1. The van der Waals surface area contributed by atoms with Crippen LogP contribution < -0.4 is 0 Å². The number of phenols is 1. The Bertz CT molecular complexity index is 464. The first kappa shape index (κ1) is 12.2. The predicted molar refractivity (Wildman–Crippen MR) is 65.7 cm³/mol. The van der Waals surface area contributed by atoms with E-state index in [2.05, 4.69) is 0 Å². The summed E-state index contributed by atoms with van der Waals surface area (Å²) in [6.07, 6.45) is 2.65. The molecule has 0 heterocycles. The maximum Gasteiger partial charge on any atom is 0.314 e. The summed E-state index contributed by atoms with van der Waals surface area (Å²) in [4.78, 5) is 11.4. The molecule has 92 valence electrons. The Morgan fingerprint density at radius 1 is 1.47 bits per heavy atom. The predicted octanol–water partition coefficient (Wildman–Crippen LogP) is 3.11. The molecule has 4 heteroatoms. The van der Waals surface area contributed by atoms with E-state index in [1.807, 2.05) is 6.92 Å². The fraction of sp³-hybridized carbons (Fsp3) is 0.462. The Labute approximate surface area is 105 Å². The van der Waals surface area contributed by atoms with Gasteiger partial charge < -0.3 is 10.2 Å². The van der Waals surface area contributed by atoms with Crippen LogP contribution >= 0.6 is 11.6 Å². The lowest BCUT2D eigenvalue weighted by molar-refractivity contribution is -0.147. The fourth-order valence-corrected chi connectivity index (χ4v) is 2.66. The molecule has 1 aliphatic rings. The second-order valence-electron chi connectivity index (χ2n) is 4.56. The third-order valence-corrected chi connectivity index (χ3v) is 3.88. The van der Waals surface area contributed by atoms with Crippen LogP contribution in [0.1, 0.15) is 37.3 Å². The Balaban J connectivity index is 2.58. The van der Waals surface area contributed by atoms with E-state index in [9.17, 15) is 15.0 Å². The number of benzene rings is 1. The molecule has 0 aromatic heterocycles. The third-order valence-electron chi connectivity index (χ3n) is 3.67. The molecule has 17 heavy (non-hydrogen) atoms. The molecule has 1 aliphatic carbocycles. The lowest BCUT2D eigenvalue weighted by atomic mass is 9.64. The lowest BCUT2D eigenvalue weighted by Crippen LogP contribution is -2.42. The molecule has 0 spiro atoms. The van der Waals surface area contributed by atoms with E-state index in [1.165, 1.54) is 0 Å². The quantitative estimate of drug-likeness (QED) is 0.871. The van der Waals surface area contributed by atoms with Gasteiger partial charge in [0.15, 0.2) is 0 Å². The Kier molecular flexibility index (Phi) is 3.04. The minimum absolute atomic E-state index is 0.0963. The van der Waals surface area contributed by atoms with Crippen molar-refractivity contribution in [3.05, 3.63) is 28.3 Å². The van der Waals surface area contributed by atoms with Gasteiger partial charge in [0.1, 0.15) is 5.75 Å². The second kappa shape index (κ2) is 4.22. The normalized spacial score (nSPS) is 17.5. The van der Waals surface area contributed by atoms with Crippen LogP contribution in [0, 0.1) is 0 Å². The Hall–Kier alpha value is -1.22. The standard InChI is InChI=1S/C13H15ClO3/c1-2-8-6-9(14)7-10(11(8)15)13(12(16)17)4-3-5-13/h6-7,15H,2-5H2,1H3,(H,16,17). The average Bonchev–Trinajstić information content (AvgIpc) is 2.20. The van der Waals surface area contributed by atoms with Gasteiger partial charge in [-0.05, 0) is 37.0 Å². The molecule has 0 amide bonds. The second-order valence-corrected chi connectivity index (χ2v) is 4.99. The maximum absolute atomic E-state index is 11.4. The molecule has 3 nitrogen and oxygen atoms in total. The van der Waals surface area contributed by atoms with Crippen LogP contribution in [0.3, 0.4) is 0 Å². The maximum atomic E-state index is 11.4. The molecule has 0 bridgehead atoms. The largest absolute Gasteiger partial charge is 0.507 e. The number of hydrogen-bond donors (Lipinski definition) is 2. The molecule has 1 fully saturated rings. The van der Waals surface area contributed by atoms with Crippen molar-refractivity contribution in [1.82, 2.24) is 0 Å². The number of hydrogen-bond acceptors (Lipinski definition) is 2. The molecule has 2 N–H and O–H groups in total. The summed E-state index contributed by atoms with van der Waals surface area (Å²) >= 11 is 5.99. The van der Waals surface area contributed by atoms with Crippen molar-refractivity contribution < 1.29 is 15.0 Å². The lowest BCUT2D eigenvalue weighted by Gasteiger charge is -2.38. The number of aryl methyl sites for hydroxylation is 1. The van der Waals surface area contributed by atoms with Crippen molar-refractivity contribution in [2.75, 3.05) is 0 Å². The number of halogens is 1. The molecule has 1 aromatic rings. The van der Waals surface area contributed by atoms with Crippen LogP contribution in [0.2, 0.25) is 5.02 Å². The Morgan fingerprint density at radius 2 is 2.12 bits per heavy atom. The first-order chi connectivity index (χ1) is 8.01. The van der Waals surface area contributed by atoms with Gasteiger partial charge >= 0.3 is 5.97 Å². The van der Waals surface area contributed by atoms with Crippen LogP contribution in [-0.4, -0.2) is 16.2 Å². The van der Waals surface area contributed by atoms with Crippen LogP contribution in [-0.2, 0) is 16.6 Å². The molecular formula is C13H15ClO3. The average molecular weight is 255 g/mol. The van der Waals surface area contributed by atoms with Gasteiger partial charge in [-0.15, -0.1) is 0 Å². The van der Waals surface area contributed by atoms with E-state index in [1.54, 1.807) is 12.1 Å². The van der Waals surface area contributed by atoms with Crippen molar-refractivity contribution in [2.24, 2.45) is 0 Å². The van der Waals surface area contributed by atoms with E-state index in [0.717, 1.165) is 6.42 Å². The molecule has 0 unspecified atom stereocenters. The van der Waals surface area contributed by atoms with Gasteiger partial charge in [0.25, 0.3) is 0 Å². The van der Waals surface area contributed by atoms with Gasteiger partial charge in [-0.3, -0.25) is 4.79 Å². The van der Waals surface area contributed by atoms with Crippen LogP contribution in [0.15, 0.2) is 12.1 Å². The molecule has 2 rings (SSSR count). The monoisotopic (exact) mass is 254 g/mol. The van der Waals surface area contributed by atoms with Gasteiger partial charge in [0, 0.05) is 10.6 Å². The molecule has 0 aliphatic heterocycles. The van der Waals surface area contributed by atoms with Crippen molar-refractivity contribution in [2.45, 2.75) is 38.0 Å². The summed E-state index contributed by atoms with van der Waals surface area (Å²) in [6, 6.07) is 3.28. The van der Waals surface area contributed by atoms with E-state index in [4.69, 9.17) is 11.6 Å². The van der Waals surface area contributed by atoms with Gasteiger partial charge in [-0.2, -0.15) is 0 Å². The highest BCUT2D eigenvalue weighted by Crippen LogP contribution is 2.48. The van der Waals surface area contributed by atoms with Crippen molar-refractivity contribution >= 4 is 17.6 Å². The van der Waals surface area contributed by atoms with E-state index >= 15 is 0 Å². The number of aliphatic carboxylic acids is 1. The summed E-state index contributed by atoms with van der Waals surface area (Å²) < 4.78 is 0. The van der Waals surface area contributed by atoms with Crippen LogP contribution in [0.4, 0.5) is 0 Å². The number of aromatic hydroxyl groups is 1. The molecule has 0 atom stereocenters. The highest BCUT2D eigenvalue weighted by atomic mass is 35.5. The molecule has 1 saturated carbocycles. The zero-order valence-corrected chi connectivity index (χ0v) is 10.4. The third kappa shape index (κ3) is 1.78. The zero-order chi connectivity index (χ0) is 12.6. The first-order valence-corrected chi connectivity index (χ1v) is 6.14. The summed E-state index contributed by atoms with van der Waals surface area (Å²) in [5.74, 6) is -0.776. The van der Waals surface area contributed by atoms with Crippen LogP contribution in [0.5, 0.6) is 5.75 Å². The number of phenolic OH excluding ortho intramolecular Hbond substituents is 1. The van der Waals surface area contributed by atoms with E-state index in [0.29, 0.717) is 35.4 Å².